The van der Waals surface area contributed by atoms with Gasteiger partial charge in [-0.3, -0.25) is 0 Å². The number of halogens is 1. The standard InChI is InChI=1S/C9H11BrO3S/c1-6-7(4-8(10)14-6)2-3-13-5-9(11)12/h4H,2-3,5H2,1H3,(H,11,12). The summed E-state index contributed by atoms with van der Waals surface area (Å²) >= 11 is 5.08. The summed E-state index contributed by atoms with van der Waals surface area (Å²) in [5, 5.41) is 8.34. The third kappa shape index (κ3) is 3.77. The molecule has 1 aromatic heterocycles. The Bertz CT molecular complexity index is 322. The molecule has 0 aliphatic carbocycles. The Morgan fingerprint density at radius 1 is 1.71 bits per heavy atom. The molecule has 0 fully saturated rings. The van der Waals surface area contributed by atoms with Gasteiger partial charge in [0.15, 0.2) is 0 Å². The van der Waals surface area contributed by atoms with Crippen LogP contribution in [0.4, 0.5) is 0 Å². The molecule has 0 bridgehead atoms. The van der Waals surface area contributed by atoms with Crippen molar-refractivity contribution < 1.29 is 14.6 Å². The summed E-state index contributed by atoms with van der Waals surface area (Å²) in [5.41, 5.74) is 1.22. The van der Waals surface area contributed by atoms with Crippen molar-refractivity contribution in [3.05, 3.63) is 20.3 Å². The fourth-order valence-electron chi connectivity index (χ4n) is 1.07. The van der Waals surface area contributed by atoms with E-state index in [0.717, 1.165) is 10.2 Å². The molecule has 0 radical (unpaired) electrons. The van der Waals surface area contributed by atoms with Crippen molar-refractivity contribution in [2.75, 3.05) is 13.2 Å². The minimum Gasteiger partial charge on any atom is -0.480 e. The monoisotopic (exact) mass is 278 g/mol. The molecule has 0 unspecified atom stereocenters. The zero-order chi connectivity index (χ0) is 10.6. The van der Waals surface area contributed by atoms with Crippen LogP contribution in [0.1, 0.15) is 10.4 Å². The molecule has 0 spiro atoms. The zero-order valence-corrected chi connectivity index (χ0v) is 10.2. The highest BCUT2D eigenvalue weighted by Gasteiger charge is 2.03. The number of aryl methyl sites for hydroxylation is 1. The zero-order valence-electron chi connectivity index (χ0n) is 7.75. The van der Waals surface area contributed by atoms with Gasteiger partial charge in [-0.25, -0.2) is 4.79 Å². The average molecular weight is 279 g/mol. The van der Waals surface area contributed by atoms with E-state index in [4.69, 9.17) is 9.84 Å². The lowest BCUT2D eigenvalue weighted by Crippen LogP contribution is -2.09. The van der Waals surface area contributed by atoms with Crippen LogP contribution in [0.3, 0.4) is 0 Å². The molecule has 0 saturated heterocycles. The van der Waals surface area contributed by atoms with Gasteiger partial charge in [0.1, 0.15) is 6.61 Å². The first-order chi connectivity index (χ1) is 6.59. The van der Waals surface area contributed by atoms with Crippen molar-refractivity contribution in [3.8, 4) is 0 Å². The molecule has 0 aliphatic rings. The summed E-state index contributed by atoms with van der Waals surface area (Å²) in [6.45, 7) is 2.28. The second-order valence-electron chi connectivity index (χ2n) is 2.83. The van der Waals surface area contributed by atoms with E-state index in [1.807, 2.05) is 13.0 Å². The molecule has 0 aliphatic heterocycles. The topological polar surface area (TPSA) is 46.5 Å². The van der Waals surface area contributed by atoms with Crippen LogP contribution in [0.5, 0.6) is 0 Å². The highest BCUT2D eigenvalue weighted by atomic mass is 79.9. The molecular formula is C9H11BrO3S. The third-order valence-corrected chi connectivity index (χ3v) is 3.33. The van der Waals surface area contributed by atoms with Crippen LogP contribution in [0, 0.1) is 6.92 Å². The second-order valence-corrected chi connectivity index (χ2v) is 5.46. The first kappa shape index (κ1) is 11.7. The van der Waals surface area contributed by atoms with Gasteiger partial charge in [-0.15, -0.1) is 11.3 Å². The van der Waals surface area contributed by atoms with Gasteiger partial charge >= 0.3 is 5.97 Å². The first-order valence-corrected chi connectivity index (χ1v) is 5.75. The van der Waals surface area contributed by atoms with Gasteiger partial charge in [-0.1, -0.05) is 0 Å². The van der Waals surface area contributed by atoms with E-state index < -0.39 is 5.97 Å². The summed E-state index contributed by atoms with van der Waals surface area (Å²) in [6.07, 6.45) is 0.765. The number of rotatable bonds is 5. The van der Waals surface area contributed by atoms with Gasteiger partial charge in [-0.05, 0) is 40.9 Å². The van der Waals surface area contributed by atoms with Crippen molar-refractivity contribution in [2.24, 2.45) is 0 Å². The maximum Gasteiger partial charge on any atom is 0.329 e. The number of carboxylic acid groups (broad SMARTS) is 1. The fraction of sp³-hybridized carbons (Fsp3) is 0.444. The Morgan fingerprint density at radius 2 is 2.43 bits per heavy atom. The van der Waals surface area contributed by atoms with E-state index >= 15 is 0 Å². The molecule has 0 atom stereocenters. The Labute approximate surface area is 94.8 Å². The molecule has 78 valence electrons. The lowest BCUT2D eigenvalue weighted by atomic mass is 10.2. The minimum absolute atomic E-state index is 0.218. The Morgan fingerprint density at radius 3 is 2.93 bits per heavy atom. The lowest BCUT2D eigenvalue weighted by Gasteiger charge is -2.00. The van der Waals surface area contributed by atoms with E-state index in [-0.39, 0.29) is 6.61 Å². The van der Waals surface area contributed by atoms with E-state index in [9.17, 15) is 4.79 Å². The summed E-state index contributed by atoms with van der Waals surface area (Å²) in [7, 11) is 0. The third-order valence-electron chi connectivity index (χ3n) is 1.73. The predicted molar refractivity (Wildman–Crippen MR) is 58.9 cm³/mol. The van der Waals surface area contributed by atoms with Crippen LogP contribution in [0.25, 0.3) is 0 Å². The van der Waals surface area contributed by atoms with Crippen molar-refractivity contribution in [3.63, 3.8) is 0 Å². The van der Waals surface area contributed by atoms with Crippen LogP contribution in [-0.4, -0.2) is 24.3 Å². The summed E-state index contributed by atoms with van der Waals surface area (Å²) < 4.78 is 6.05. The number of carbonyl (C=O) groups is 1. The molecule has 5 heteroatoms. The highest BCUT2D eigenvalue weighted by Crippen LogP contribution is 2.26. The molecule has 1 N–H and O–H groups in total. The van der Waals surface area contributed by atoms with Gasteiger partial charge in [0.25, 0.3) is 0 Å². The lowest BCUT2D eigenvalue weighted by molar-refractivity contribution is -0.142. The number of aliphatic carboxylic acids is 1. The first-order valence-electron chi connectivity index (χ1n) is 4.14. The van der Waals surface area contributed by atoms with Crippen molar-refractivity contribution in [1.29, 1.82) is 0 Å². The SMILES string of the molecule is Cc1sc(Br)cc1CCOCC(=O)O. The van der Waals surface area contributed by atoms with E-state index in [0.29, 0.717) is 6.61 Å². The second kappa shape index (κ2) is 5.48. The van der Waals surface area contributed by atoms with Crippen LogP contribution >= 0.6 is 27.3 Å². The van der Waals surface area contributed by atoms with E-state index in [1.54, 1.807) is 11.3 Å². The van der Waals surface area contributed by atoms with Gasteiger partial charge in [0, 0.05) is 4.88 Å². The quantitative estimate of drug-likeness (QED) is 0.842. The molecule has 0 amide bonds. The molecule has 0 aromatic carbocycles. The number of hydrogen-bond acceptors (Lipinski definition) is 3. The molecule has 1 aromatic rings. The fourth-order valence-corrected chi connectivity index (χ4v) is 2.86. The predicted octanol–water partition coefficient (Wildman–Crippen LogP) is 2.46. The summed E-state index contributed by atoms with van der Waals surface area (Å²) in [4.78, 5) is 11.4. The largest absolute Gasteiger partial charge is 0.480 e. The highest BCUT2D eigenvalue weighted by molar-refractivity contribution is 9.11. The molecule has 1 rings (SSSR count). The average Bonchev–Trinajstić information content (AvgIpc) is 2.39. The smallest absolute Gasteiger partial charge is 0.329 e. The van der Waals surface area contributed by atoms with Gasteiger partial charge in [-0.2, -0.15) is 0 Å². The van der Waals surface area contributed by atoms with Crippen molar-refractivity contribution >= 4 is 33.2 Å². The molecular weight excluding hydrogens is 268 g/mol. The Kier molecular flexibility index (Phi) is 4.57. The molecule has 14 heavy (non-hydrogen) atoms. The van der Waals surface area contributed by atoms with E-state index in [2.05, 4.69) is 15.9 Å². The maximum atomic E-state index is 10.2. The van der Waals surface area contributed by atoms with Crippen molar-refractivity contribution in [1.82, 2.24) is 0 Å². The number of thiophene rings is 1. The maximum absolute atomic E-state index is 10.2. The van der Waals surface area contributed by atoms with Crippen LogP contribution in [-0.2, 0) is 16.0 Å². The van der Waals surface area contributed by atoms with Gasteiger partial charge in [0.2, 0.25) is 0 Å². The number of ether oxygens (including phenoxy) is 1. The summed E-state index contributed by atoms with van der Waals surface area (Å²) in [6, 6.07) is 2.05. The summed E-state index contributed by atoms with van der Waals surface area (Å²) in [5.74, 6) is -0.923. The van der Waals surface area contributed by atoms with Crippen LogP contribution < -0.4 is 0 Å². The minimum atomic E-state index is -0.923. The Balaban J connectivity index is 2.31. The van der Waals surface area contributed by atoms with Crippen LogP contribution in [0.2, 0.25) is 0 Å². The van der Waals surface area contributed by atoms with E-state index in [1.165, 1.54) is 10.4 Å². The van der Waals surface area contributed by atoms with Gasteiger partial charge in [0.05, 0.1) is 10.4 Å². The molecule has 3 nitrogen and oxygen atoms in total. The normalized spacial score (nSPS) is 10.4. The molecule has 0 saturated carbocycles. The number of hydrogen-bond donors (Lipinski definition) is 1. The number of carboxylic acids is 1. The van der Waals surface area contributed by atoms with Gasteiger partial charge < -0.3 is 9.84 Å². The molecule has 1 heterocycles. The van der Waals surface area contributed by atoms with Crippen molar-refractivity contribution in [2.45, 2.75) is 13.3 Å². The van der Waals surface area contributed by atoms with Crippen LogP contribution in [0.15, 0.2) is 9.85 Å². The Hall–Kier alpha value is -0.390.